The number of halogens is 1. The number of nitrogens with zero attached hydrogens (tertiary/aromatic N) is 5. The Bertz CT molecular complexity index is 1590. The first-order chi connectivity index (χ1) is 19.6. The largest absolute Gasteiger partial charge is 0.494 e. The van der Waals surface area contributed by atoms with E-state index in [0.717, 1.165) is 0 Å². The molecule has 4 aromatic rings. The summed E-state index contributed by atoms with van der Waals surface area (Å²) in [5.74, 6) is 0.928. The summed E-state index contributed by atoms with van der Waals surface area (Å²) < 4.78 is 45.9. The summed E-state index contributed by atoms with van der Waals surface area (Å²) in [6.07, 6.45) is 2.90. The predicted octanol–water partition coefficient (Wildman–Crippen LogP) is 4.62. The number of amides is 1. The Morgan fingerprint density at radius 3 is 2.37 bits per heavy atom. The van der Waals surface area contributed by atoms with Crippen LogP contribution in [0.2, 0.25) is 5.02 Å². The van der Waals surface area contributed by atoms with Crippen molar-refractivity contribution < 1.29 is 27.1 Å². The van der Waals surface area contributed by atoms with E-state index in [0.29, 0.717) is 46.8 Å². The van der Waals surface area contributed by atoms with Crippen molar-refractivity contribution in [1.29, 1.82) is 0 Å². The van der Waals surface area contributed by atoms with Gasteiger partial charge in [-0.2, -0.15) is 0 Å². The molecule has 1 atom stereocenters. The van der Waals surface area contributed by atoms with E-state index in [-0.39, 0.29) is 29.5 Å². The van der Waals surface area contributed by atoms with Gasteiger partial charge in [0.25, 0.3) is 5.91 Å². The van der Waals surface area contributed by atoms with Gasteiger partial charge in [0.1, 0.15) is 22.9 Å². The second kappa shape index (κ2) is 12.7. The minimum Gasteiger partial charge on any atom is -0.494 e. The molecular weight excluding hydrogens is 570 g/mol. The first kappa shape index (κ1) is 30.1. The Labute approximate surface area is 244 Å². The molecule has 13 heteroatoms. The van der Waals surface area contributed by atoms with Crippen molar-refractivity contribution in [2.75, 3.05) is 27.3 Å². The number of benzene rings is 1. The number of para-hydroxylation sites is 1. The van der Waals surface area contributed by atoms with Crippen LogP contribution in [0.4, 0.5) is 0 Å². The van der Waals surface area contributed by atoms with Gasteiger partial charge in [0, 0.05) is 25.7 Å². The second-order valence-electron chi connectivity index (χ2n) is 9.21. The average molecular weight is 602 g/mol. The van der Waals surface area contributed by atoms with E-state index in [4.69, 9.17) is 25.5 Å². The molecule has 3 heterocycles. The first-order valence-corrected chi connectivity index (χ1v) is 15.1. The third kappa shape index (κ3) is 6.23. The van der Waals surface area contributed by atoms with Gasteiger partial charge in [-0.25, -0.2) is 8.42 Å². The topological polar surface area (TPSA) is 130 Å². The number of carbonyl (C=O) groups excluding carboxylic acids is 1. The molecule has 0 N–H and O–H groups in total. The number of aromatic nitrogens is 4. The van der Waals surface area contributed by atoms with Crippen molar-refractivity contribution >= 4 is 27.3 Å². The van der Waals surface area contributed by atoms with E-state index < -0.39 is 20.8 Å². The highest BCUT2D eigenvalue weighted by Crippen LogP contribution is 2.37. The number of furan rings is 1. The lowest BCUT2D eigenvalue weighted by molar-refractivity contribution is 0.0771. The van der Waals surface area contributed by atoms with Crippen molar-refractivity contribution in [3.8, 4) is 28.8 Å². The zero-order chi connectivity index (χ0) is 29.7. The van der Waals surface area contributed by atoms with Crippen LogP contribution in [0.3, 0.4) is 0 Å². The van der Waals surface area contributed by atoms with Crippen molar-refractivity contribution in [2.45, 2.75) is 38.2 Å². The molecule has 3 aromatic heterocycles. The predicted molar refractivity (Wildman–Crippen MR) is 154 cm³/mol. The molecule has 0 bridgehead atoms. The standard InChI is InChI=1S/C28H32ClN5O6S/c1-6-33(7-2)28(35)20-15-19(29)16-30-21(20)14-18(3)41(36,37)17-25-31-32-27(24-12-9-13-40-24)34(25)26-22(38-4)10-8-11-23(26)39-5/h8-13,15-16,18H,6-7,14,17H2,1-5H3/t18-/m1/s1. The van der Waals surface area contributed by atoms with Gasteiger partial charge in [0.15, 0.2) is 21.4 Å². The van der Waals surface area contributed by atoms with Crippen LogP contribution in [0.5, 0.6) is 11.5 Å². The van der Waals surface area contributed by atoms with E-state index in [1.807, 2.05) is 13.8 Å². The molecule has 0 spiro atoms. The molecule has 0 saturated carbocycles. The fourth-order valence-corrected chi connectivity index (χ4v) is 5.88. The molecule has 218 valence electrons. The quantitative estimate of drug-likeness (QED) is 0.228. The maximum atomic E-state index is 13.8. The molecule has 0 aliphatic heterocycles. The molecule has 0 aliphatic rings. The van der Waals surface area contributed by atoms with Crippen molar-refractivity contribution in [2.24, 2.45) is 0 Å². The Morgan fingerprint density at radius 1 is 1.10 bits per heavy atom. The van der Waals surface area contributed by atoms with Crippen molar-refractivity contribution in [1.82, 2.24) is 24.6 Å². The van der Waals surface area contributed by atoms with E-state index in [9.17, 15) is 13.2 Å². The third-order valence-electron chi connectivity index (χ3n) is 6.74. The van der Waals surface area contributed by atoms with Gasteiger partial charge in [0.2, 0.25) is 5.82 Å². The van der Waals surface area contributed by atoms with Gasteiger partial charge in [0.05, 0.1) is 42.0 Å². The Kier molecular flexibility index (Phi) is 9.34. The molecule has 1 aromatic carbocycles. The maximum absolute atomic E-state index is 13.8. The highest BCUT2D eigenvalue weighted by Gasteiger charge is 2.31. The SMILES string of the molecule is CCN(CC)C(=O)c1cc(Cl)cnc1C[C@@H](C)S(=O)(=O)Cc1nnc(-c2ccco2)n1-c1c(OC)cccc1OC. The molecule has 0 aliphatic carbocycles. The zero-order valence-corrected chi connectivity index (χ0v) is 25.1. The molecule has 0 radical (unpaired) electrons. The molecule has 0 unspecified atom stereocenters. The third-order valence-corrected chi connectivity index (χ3v) is 9.00. The number of pyridine rings is 1. The number of hydrogen-bond acceptors (Lipinski definition) is 9. The number of ether oxygens (including phenoxy) is 2. The zero-order valence-electron chi connectivity index (χ0n) is 23.5. The Balaban J connectivity index is 1.74. The summed E-state index contributed by atoms with van der Waals surface area (Å²) in [6, 6.07) is 10.1. The molecule has 1 amide bonds. The lowest BCUT2D eigenvalue weighted by atomic mass is 10.1. The van der Waals surface area contributed by atoms with E-state index in [1.54, 1.807) is 46.7 Å². The van der Waals surface area contributed by atoms with Crippen LogP contribution < -0.4 is 9.47 Å². The Hall–Kier alpha value is -3.90. The molecular formula is C28H32ClN5O6S. The highest BCUT2D eigenvalue weighted by atomic mass is 35.5. The summed E-state index contributed by atoms with van der Waals surface area (Å²) in [4.78, 5) is 19.1. The van der Waals surface area contributed by atoms with Crippen LogP contribution in [-0.4, -0.2) is 71.5 Å². The van der Waals surface area contributed by atoms with Crippen LogP contribution >= 0.6 is 11.6 Å². The lowest BCUT2D eigenvalue weighted by Crippen LogP contribution is -2.32. The van der Waals surface area contributed by atoms with Crippen LogP contribution in [-0.2, 0) is 22.0 Å². The summed E-state index contributed by atoms with van der Waals surface area (Å²) in [6.45, 7) is 6.31. The fourth-order valence-electron chi connectivity index (χ4n) is 4.48. The van der Waals surface area contributed by atoms with E-state index >= 15 is 0 Å². The molecule has 11 nitrogen and oxygen atoms in total. The number of carbonyl (C=O) groups is 1. The van der Waals surface area contributed by atoms with Crippen LogP contribution in [0.15, 0.2) is 53.3 Å². The van der Waals surface area contributed by atoms with Gasteiger partial charge < -0.3 is 18.8 Å². The summed E-state index contributed by atoms with van der Waals surface area (Å²) in [5, 5.41) is 7.89. The van der Waals surface area contributed by atoms with Crippen LogP contribution in [0.1, 0.15) is 42.6 Å². The average Bonchev–Trinajstić information content (AvgIpc) is 3.64. The summed E-state index contributed by atoms with van der Waals surface area (Å²) >= 11 is 6.16. The van der Waals surface area contributed by atoms with E-state index in [2.05, 4.69) is 15.2 Å². The van der Waals surface area contributed by atoms with Crippen LogP contribution in [0.25, 0.3) is 17.3 Å². The highest BCUT2D eigenvalue weighted by molar-refractivity contribution is 7.91. The van der Waals surface area contributed by atoms with E-state index in [1.165, 1.54) is 32.7 Å². The van der Waals surface area contributed by atoms with Gasteiger partial charge in [-0.1, -0.05) is 17.7 Å². The first-order valence-electron chi connectivity index (χ1n) is 13.0. The normalized spacial score (nSPS) is 12.2. The lowest BCUT2D eigenvalue weighted by Gasteiger charge is -2.21. The summed E-state index contributed by atoms with van der Waals surface area (Å²) in [7, 11) is -0.846. The van der Waals surface area contributed by atoms with Gasteiger partial charge >= 0.3 is 0 Å². The van der Waals surface area contributed by atoms with Gasteiger partial charge in [-0.05, 0) is 51.1 Å². The maximum Gasteiger partial charge on any atom is 0.255 e. The van der Waals surface area contributed by atoms with Crippen molar-refractivity contribution in [3.63, 3.8) is 0 Å². The van der Waals surface area contributed by atoms with Gasteiger partial charge in [-0.3, -0.25) is 14.3 Å². The number of sulfone groups is 1. The molecule has 0 saturated heterocycles. The van der Waals surface area contributed by atoms with Crippen molar-refractivity contribution in [3.05, 3.63) is 71.0 Å². The smallest absolute Gasteiger partial charge is 0.255 e. The molecule has 41 heavy (non-hydrogen) atoms. The number of rotatable bonds is 12. The second-order valence-corrected chi connectivity index (χ2v) is 12.1. The fraction of sp³-hybridized carbons (Fsp3) is 0.357. The summed E-state index contributed by atoms with van der Waals surface area (Å²) in [5.41, 5.74) is 1.06. The monoisotopic (exact) mass is 601 g/mol. The number of hydrogen-bond donors (Lipinski definition) is 0. The minimum atomic E-state index is -3.85. The van der Waals surface area contributed by atoms with Gasteiger partial charge in [-0.15, -0.1) is 10.2 Å². The molecule has 0 fully saturated rings. The molecule has 4 rings (SSSR count). The number of methoxy groups -OCH3 is 2. The minimum absolute atomic E-state index is 0.000991. The van der Waals surface area contributed by atoms with Crippen LogP contribution in [0, 0.1) is 0 Å². The Morgan fingerprint density at radius 2 is 1.78 bits per heavy atom.